The van der Waals surface area contributed by atoms with E-state index in [0.717, 1.165) is 42.9 Å². The van der Waals surface area contributed by atoms with Gasteiger partial charge in [0.15, 0.2) is 0 Å². The zero-order chi connectivity index (χ0) is 18.1. The van der Waals surface area contributed by atoms with Gasteiger partial charge in [0.1, 0.15) is 5.82 Å². The Morgan fingerprint density at radius 3 is 2.69 bits per heavy atom. The zero-order valence-electron chi connectivity index (χ0n) is 14.6. The number of fused-ring (bicyclic) bond motifs is 1. The first-order valence-corrected chi connectivity index (χ1v) is 8.78. The minimum atomic E-state index is -0.173. The first-order chi connectivity index (χ1) is 12.6. The van der Waals surface area contributed by atoms with E-state index in [0.29, 0.717) is 18.3 Å². The van der Waals surface area contributed by atoms with E-state index in [9.17, 15) is 9.90 Å². The van der Waals surface area contributed by atoms with Gasteiger partial charge in [-0.2, -0.15) is 4.98 Å². The predicted octanol–water partition coefficient (Wildman–Crippen LogP) is 1.84. The van der Waals surface area contributed by atoms with Gasteiger partial charge in [-0.05, 0) is 37.1 Å². The van der Waals surface area contributed by atoms with Crippen molar-refractivity contribution in [2.45, 2.75) is 25.5 Å². The van der Waals surface area contributed by atoms with E-state index in [4.69, 9.17) is 0 Å². The molecule has 0 atom stereocenters. The molecule has 2 aliphatic heterocycles. The number of rotatable bonds is 3. The van der Waals surface area contributed by atoms with Crippen LogP contribution in [0.4, 0.5) is 27.9 Å². The van der Waals surface area contributed by atoms with Crippen LogP contribution in [0.5, 0.6) is 0 Å². The average Bonchev–Trinajstić information content (AvgIpc) is 2.66. The van der Waals surface area contributed by atoms with E-state index in [1.54, 1.807) is 13.2 Å². The summed E-state index contributed by atoms with van der Waals surface area (Å²) in [7, 11) is 1.69. The number of aromatic nitrogens is 2. The van der Waals surface area contributed by atoms with Crippen molar-refractivity contribution in [1.29, 1.82) is 0 Å². The van der Waals surface area contributed by atoms with Crippen LogP contribution in [0.15, 0.2) is 30.5 Å². The number of amides is 2. The molecular weight excluding hydrogens is 332 g/mol. The Hall–Kier alpha value is -2.87. The second-order valence-electron chi connectivity index (χ2n) is 6.65. The number of hydrogen-bond donors (Lipinski definition) is 3. The lowest BCUT2D eigenvalue weighted by Crippen LogP contribution is -2.42. The molecule has 0 spiro atoms. The van der Waals surface area contributed by atoms with E-state index in [-0.39, 0.29) is 12.1 Å². The Labute approximate surface area is 151 Å². The number of hydrogen-bond acceptors (Lipinski definition) is 6. The number of aliphatic hydroxyl groups excluding tert-OH is 1. The molecule has 1 aromatic heterocycles. The van der Waals surface area contributed by atoms with Gasteiger partial charge in [0.2, 0.25) is 5.95 Å². The van der Waals surface area contributed by atoms with Crippen LogP contribution in [-0.4, -0.2) is 47.3 Å². The summed E-state index contributed by atoms with van der Waals surface area (Å²) in [5.74, 6) is 1.08. The number of aliphatic hydroxyl groups is 1. The largest absolute Gasteiger partial charge is 0.393 e. The molecule has 0 unspecified atom stereocenters. The van der Waals surface area contributed by atoms with Crippen LogP contribution < -0.4 is 20.4 Å². The van der Waals surface area contributed by atoms with Gasteiger partial charge < -0.3 is 20.6 Å². The number of benzene rings is 1. The minimum absolute atomic E-state index is 0.168. The van der Waals surface area contributed by atoms with Crippen LogP contribution in [0.1, 0.15) is 18.4 Å². The van der Waals surface area contributed by atoms with Gasteiger partial charge in [-0.3, -0.25) is 4.90 Å². The van der Waals surface area contributed by atoms with Crippen molar-refractivity contribution in [2.24, 2.45) is 0 Å². The van der Waals surface area contributed by atoms with Crippen LogP contribution >= 0.6 is 0 Å². The Balaban J connectivity index is 1.47. The number of nitrogens with one attached hydrogen (secondary N) is 2. The standard InChI is InChI=1S/C18H22N6O2/c1-23-16-12(11-20-18(23)26)10-19-17(22-16)21-13-2-4-14(5-3-13)24-8-6-15(25)7-9-24/h2-5,10,15,25H,6-9,11H2,1H3,(H,20,26)(H,19,21,22). The molecule has 3 N–H and O–H groups in total. The molecule has 0 saturated carbocycles. The van der Waals surface area contributed by atoms with Gasteiger partial charge in [-0.25, -0.2) is 9.78 Å². The minimum Gasteiger partial charge on any atom is -0.393 e. The number of carbonyl (C=O) groups excluding carboxylic acids is 1. The van der Waals surface area contributed by atoms with Crippen LogP contribution in [0.25, 0.3) is 0 Å². The summed E-state index contributed by atoms with van der Waals surface area (Å²) >= 11 is 0. The molecule has 2 aromatic rings. The molecule has 8 heteroatoms. The maximum atomic E-state index is 11.7. The van der Waals surface area contributed by atoms with Crippen molar-refractivity contribution >= 4 is 29.2 Å². The Morgan fingerprint density at radius 2 is 1.96 bits per heavy atom. The molecule has 8 nitrogen and oxygen atoms in total. The first-order valence-electron chi connectivity index (χ1n) is 8.78. The number of carbonyl (C=O) groups is 1. The lowest BCUT2D eigenvalue weighted by atomic mass is 10.1. The van der Waals surface area contributed by atoms with Crippen molar-refractivity contribution in [3.63, 3.8) is 0 Å². The van der Waals surface area contributed by atoms with Crippen molar-refractivity contribution in [3.05, 3.63) is 36.0 Å². The fraction of sp³-hybridized carbons (Fsp3) is 0.389. The van der Waals surface area contributed by atoms with Crippen molar-refractivity contribution in [2.75, 3.05) is 35.3 Å². The highest BCUT2D eigenvalue weighted by Crippen LogP contribution is 2.25. The number of piperidine rings is 1. The molecular formula is C18H22N6O2. The number of urea groups is 1. The third-order valence-electron chi connectivity index (χ3n) is 4.85. The first kappa shape index (κ1) is 16.6. The molecule has 136 valence electrons. The van der Waals surface area contributed by atoms with Gasteiger partial charge in [0.05, 0.1) is 6.10 Å². The summed E-state index contributed by atoms with van der Waals surface area (Å²) in [6.07, 6.45) is 3.18. The predicted molar refractivity (Wildman–Crippen MR) is 99.8 cm³/mol. The maximum absolute atomic E-state index is 11.7. The monoisotopic (exact) mass is 354 g/mol. The van der Waals surface area contributed by atoms with Gasteiger partial charge in [-0.15, -0.1) is 0 Å². The van der Waals surface area contributed by atoms with Crippen LogP contribution in [0.2, 0.25) is 0 Å². The summed E-state index contributed by atoms with van der Waals surface area (Å²) in [6, 6.07) is 7.91. The van der Waals surface area contributed by atoms with Crippen LogP contribution in [0, 0.1) is 0 Å². The van der Waals surface area contributed by atoms with Crippen LogP contribution in [-0.2, 0) is 6.54 Å². The van der Waals surface area contributed by atoms with Crippen molar-refractivity contribution in [1.82, 2.24) is 15.3 Å². The second kappa shape index (κ2) is 6.80. The van der Waals surface area contributed by atoms with E-state index in [1.165, 1.54) is 4.90 Å². The summed E-state index contributed by atoms with van der Waals surface area (Å²) in [4.78, 5) is 24.3. The zero-order valence-corrected chi connectivity index (χ0v) is 14.6. The normalized spacial score (nSPS) is 17.7. The molecule has 2 aliphatic rings. The van der Waals surface area contributed by atoms with E-state index in [2.05, 4.69) is 37.6 Å². The summed E-state index contributed by atoms with van der Waals surface area (Å²) < 4.78 is 0. The average molecular weight is 354 g/mol. The molecule has 1 saturated heterocycles. The fourth-order valence-corrected chi connectivity index (χ4v) is 3.27. The Kier molecular flexibility index (Phi) is 4.34. The van der Waals surface area contributed by atoms with Gasteiger partial charge in [-0.1, -0.05) is 0 Å². The van der Waals surface area contributed by atoms with E-state index >= 15 is 0 Å². The highest BCUT2D eigenvalue weighted by atomic mass is 16.3. The van der Waals surface area contributed by atoms with E-state index in [1.807, 2.05) is 12.1 Å². The van der Waals surface area contributed by atoms with Crippen molar-refractivity contribution in [3.8, 4) is 0 Å². The van der Waals surface area contributed by atoms with Gasteiger partial charge in [0, 0.05) is 49.8 Å². The van der Waals surface area contributed by atoms with Gasteiger partial charge in [0.25, 0.3) is 0 Å². The fourth-order valence-electron chi connectivity index (χ4n) is 3.27. The summed E-state index contributed by atoms with van der Waals surface area (Å²) in [5, 5.41) is 15.6. The van der Waals surface area contributed by atoms with Crippen molar-refractivity contribution < 1.29 is 9.90 Å². The van der Waals surface area contributed by atoms with Gasteiger partial charge >= 0.3 is 6.03 Å². The molecule has 0 radical (unpaired) electrons. The molecule has 26 heavy (non-hydrogen) atoms. The number of nitrogens with zero attached hydrogens (tertiary/aromatic N) is 4. The third-order valence-corrected chi connectivity index (χ3v) is 4.85. The molecule has 0 aliphatic carbocycles. The summed E-state index contributed by atoms with van der Waals surface area (Å²) in [6.45, 7) is 2.19. The Morgan fingerprint density at radius 1 is 1.23 bits per heavy atom. The molecule has 2 amide bonds. The molecule has 1 aromatic carbocycles. The molecule has 1 fully saturated rings. The molecule has 0 bridgehead atoms. The lowest BCUT2D eigenvalue weighted by Gasteiger charge is -2.31. The molecule has 3 heterocycles. The Bertz CT molecular complexity index is 802. The highest BCUT2D eigenvalue weighted by molar-refractivity contribution is 5.93. The van der Waals surface area contributed by atoms with Crippen LogP contribution in [0.3, 0.4) is 0 Å². The topological polar surface area (TPSA) is 93.6 Å². The smallest absolute Gasteiger partial charge is 0.323 e. The summed E-state index contributed by atoms with van der Waals surface area (Å²) in [5.41, 5.74) is 2.92. The lowest BCUT2D eigenvalue weighted by molar-refractivity contribution is 0.145. The third kappa shape index (κ3) is 3.28. The highest BCUT2D eigenvalue weighted by Gasteiger charge is 2.22. The maximum Gasteiger partial charge on any atom is 0.323 e. The number of anilines is 4. The SMILES string of the molecule is CN1C(=O)NCc2cnc(Nc3ccc(N4CCC(O)CC4)cc3)nc21. The second-order valence-corrected chi connectivity index (χ2v) is 6.65. The van der Waals surface area contributed by atoms with E-state index < -0.39 is 0 Å². The molecule has 4 rings (SSSR count). The quantitative estimate of drug-likeness (QED) is 0.779.